The van der Waals surface area contributed by atoms with E-state index in [-0.39, 0.29) is 6.61 Å². The van der Waals surface area contributed by atoms with Crippen molar-refractivity contribution in [3.8, 4) is 11.8 Å². The quantitative estimate of drug-likeness (QED) is 0.292. The minimum absolute atomic E-state index is 0.238. The highest BCUT2D eigenvalue weighted by molar-refractivity contribution is 4.97. The molecule has 0 atom stereocenters. The zero-order chi connectivity index (χ0) is 14.0. The van der Waals surface area contributed by atoms with Crippen LogP contribution in [0.25, 0.3) is 0 Å². The topological polar surface area (TPSA) is 19.9 Å². The third-order valence-corrected chi connectivity index (χ3v) is 3.60. The molecular formula is C18H33O. The lowest BCUT2D eigenvalue weighted by molar-refractivity contribution is 0.239. The molecule has 0 aromatic rings. The first-order chi connectivity index (χ1) is 9.41. The molecule has 0 aliphatic heterocycles. The first-order valence-electron chi connectivity index (χ1n) is 8.45. The van der Waals surface area contributed by atoms with Gasteiger partial charge in [0.05, 0.1) is 0 Å². The van der Waals surface area contributed by atoms with E-state index in [1.54, 1.807) is 0 Å². The van der Waals surface area contributed by atoms with Gasteiger partial charge in [0.1, 0.15) is 6.61 Å². The average Bonchev–Trinajstić information content (AvgIpc) is 2.43. The first kappa shape index (κ1) is 18.5. The zero-order valence-corrected chi connectivity index (χ0v) is 13.0. The number of hydrogen-bond acceptors (Lipinski definition) is 0. The second-order valence-electron chi connectivity index (χ2n) is 5.49. The van der Waals surface area contributed by atoms with Crippen LogP contribution in [0.15, 0.2) is 0 Å². The molecule has 0 N–H and O–H groups in total. The number of rotatable bonds is 13. The van der Waals surface area contributed by atoms with Crippen molar-refractivity contribution < 1.29 is 5.11 Å². The van der Waals surface area contributed by atoms with Gasteiger partial charge in [-0.25, -0.2) is 5.11 Å². The van der Waals surface area contributed by atoms with Gasteiger partial charge in [-0.15, -0.1) is 5.92 Å². The van der Waals surface area contributed by atoms with Crippen LogP contribution in [0.4, 0.5) is 0 Å². The molecule has 0 unspecified atom stereocenters. The molecule has 0 heterocycles. The first-order valence-corrected chi connectivity index (χ1v) is 8.45. The van der Waals surface area contributed by atoms with Crippen LogP contribution in [0.1, 0.15) is 96.8 Å². The fraction of sp³-hybridized carbons (Fsp3) is 0.889. The Labute approximate surface area is 121 Å². The molecule has 1 nitrogen and oxygen atoms in total. The summed E-state index contributed by atoms with van der Waals surface area (Å²) in [7, 11) is 0. The van der Waals surface area contributed by atoms with E-state index in [0.29, 0.717) is 0 Å². The highest BCUT2D eigenvalue weighted by Gasteiger charge is 1.93. The summed E-state index contributed by atoms with van der Waals surface area (Å²) in [6, 6.07) is 0. The van der Waals surface area contributed by atoms with E-state index in [4.69, 9.17) is 0 Å². The fourth-order valence-electron chi connectivity index (χ4n) is 2.37. The van der Waals surface area contributed by atoms with Crippen LogP contribution < -0.4 is 0 Å². The molecule has 1 heteroatoms. The highest BCUT2D eigenvalue weighted by Crippen LogP contribution is 2.12. The number of unbranched alkanes of at least 4 members (excludes halogenated alkanes) is 13. The largest absolute Gasteiger partial charge is 0.223 e. The van der Waals surface area contributed by atoms with Crippen LogP contribution in [0, 0.1) is 11.8 Å². The molecule has 0 aliphatic rings. The Kier molecular flexibility index (Phi) is 17.1. The van der Waals surface area contributed by atoms with Gasteiger partial charge in [0.15, 0.2) is 0 Å². The van der Waals surface area contributed by atoms with Gasteiger partial charge in [0, 0.05) is 6.42 Å². The summed E-state index contributed by atoms with van der Waals surface area (Å²) in [6.45, 7) is 2.04. The third kappa shape index (κ3) is 17.5. The molecule has 0 saturated heterocycles. The molecule has 19 heavy (non-hydrogen) atoms. The highest BCUT2D eigenvalue weighted by atomic mass is 16.2. The van der Waals surface area contributed by atoms with Gasteiger partial charge in [-0.2, -0.15) is 0 Å². The Morgan fingerprint density at radius 3 is 1.42 bits per heavy atom. The van der Waals surface area contributed by atoms with Crippen molar-refractivity contribution >= 4 is 0 Å². The van der Waals surface area contributed by atoms with Gasteiger partial charge in [-0.05, 0) is 6.42 Å². The minimum Gasteiger partial charge on any atom is -0.223 e. The predicted octanol–water partition coefficient (Wildman–Crippen LogP) is 5.90. The standard InChI is InChI=1S/C18H33O/c1-2-3-4-5-6-7-8-9-10-11-12-13-14-15-16-17-18-19/h2-15,18H2,1H3. The van der Waals surface area contributed by atoms with E-state index in [2.05, 4.69) is 18.8 Å². The fourth-order valence-corrected chi connectivity index (χ4v) is 2.37. The summed E-state index contributed by atoms with van der Waals surface area (Å²) in [5.74, 6) is 5.50. The Hall–Kier alpha value is -0.480. The molecule has 0 bridgehead atoms. The van der Waals surface area contributed by atoms with Crippen LogP contribution in [0.2, 0.25) is 0 Å². The molecule has 0 aliphatic carbocycles. The minimum atomic E-state index is -0.238. The van der Waals surface area contributed by atoms with E-state index in [1.165, 1.54) is 83.5 Å². The van der Waals surface area contributed by atoms with Crippen LogP contribution in [-0.2, 0) is 5.11 Å². The van der Waals surface area contributed by atoms with Crippen molar-refractivity contribution in [2.75, 3.05) is 6.61 Å². The Bertz CT molecular complexity index is 211. The van der Waals surface area contributed by atoms with E-state index < -0.39 is 0 Å². The molecule has 0 rings (SSSR count). The van der Waals surface area contributed by atoms with Crippen molar-refractivity contribution in [3.05, 3.63) is 0 Å². The maximum Gasteiger partial charge on any atom is 0.143 e. The molecule has 0 fully saturated rings. The molecule has 0 amide bonds. The van der Waals surface area contributed by atoms with Gasteiger partial charge < -0.3 is 0 Å². The van der Waals surface area contributed by atoms with Gasteiger partial charge >= 0.3 is 0 Å². The Morgan fingerprint density at radius 2 is 1.00 bits per heavy atom. The summed E-state index contributed by atoms with van der Waals surface area (Å²) in [5.41, 5.74) is 0. The maximum absolute atomic E-state index is 10.1. The zero-order valence-electron chi connectivity index (χ0n) is 13.0. The van der Waals surface area contributed by atoms with Gasteiger partial charge in [-0.3, -0.25) is 0 Å². The van der Waals surface area contributed by atoms with Crippen molar-refractivity contribution in [1.82, 2.24) is 0 Å². The number of hydrogen-bond donors (Lipinski definition) is 0. The van der Waals surface area contributed by atoms with E-state index in [0.717, 1.165) is 6.42 Å². The van der Waals surface area contributed by atoms with Crippen LogP contribution in [0.3, 0.4) is 0 Å². The normalized spacial score (nSPS) is 10.2. The van der Waals surface area contributed by atoms with Crippen molar-refractivity contribution in [1.29, 1.82) is 0 Å². The lowest BCUT2D eigenvalue weighted by atomic mass is 10.0. The summed E-state index contributed by atoms with van der Waals surface area (Å²) in [4.78, 5) is 0. The van der Waals surface area contributed by atoms with Gasteiger partial charge in [0.2, 0.25) is 0 Å². The summed E-state index contributed by atoms with van der Waals surface area (Å²) in [5, 5.41) is 10.1. The van der Waals surface area contributed by atoms with E-state index in [9.17, 15) is 5.11 Å². The van der Waals surface area contributed by atoms with E-state index in [1.807, 2.05) is 0 Å². The Balaban J connectivity index is 2.95. The summed E-state index contributed by atoms with van der Waals surface area (Å²) < 4.78 is 0. The molecule has 0 aromatic heterocycles. The lowest BCUT2D eigenvalue weighted by Gasteiger charge is -2.02. The Morgan fingerprint density at radius 1 is 0.579 bits per heavy atom. The predicted molar refractivity (Wildman–Crippen MR) is 83.6 cm³/mol. The maximum atomic E-state index is 10.1. The SMILES string of the molecule is CCCCCCCCCCCCCCCC#CC[O]. The smallest absolute Gasteiger partial charge is 0.143 e. The molecule has 0 spiro atoms. The van der Waals surface area contributed by atoms with Crippen LogP contribution in [-0.4, -0.2) is 6.61 Å². The van der Waals surface area contributed by atoms with Crippen LogP contribution in [0.5, 0.6) is 0 Å². The molecule has 1 radical (unpaired) electrons. The lowest BCUT2D eigenvalue weighted by Crippen LogP contribution is -1.82. The average molecular weight is 265 g/mol. The van der Waals surface area contributed by atoms with Crippen molar-refractivity contribution in [2.45, 2.75) is 96.8 Å². The third-order valence-electron chi connectivity index (χ3n) is 3.60. The second-order valence-corrected chi connectivity index (χ2v) is 5.49. The molecule has 0 saturated carbocycles. The van der Waals surface area contributed by atoms with Gasteiger partial charge in [0.25, 0.3) is 0 Å². The monoisotopic (exact) mass is 265 g/mol. The van der Waals surface area contributed by atoms with E-state index >= 15 is 0 Å². The van der Waals surface area contributed by atoms with Crippen molar-refractivity contribution in [2.24, 2.45) is 0 Å². The van der Waals surface area contributed by atoms with Crippen LogP contribution >= 0.6 is 0 Å². The second kappa shape index (κ2) is 17.5. The molecule has 0 aromatic carbocycles. The van der Waals surface area contributed by atoms with Crippen molar-refractivity contribution in [3.63, 3.8) is 0 Å². The molecular weight excluding hydrogens is 232 g/mol. The molecule has 111 valence electrons. The summed E-state index contributed by atoms with van der Waals surface area (Å²) in [6.07, 6.45) is 18.9. The van der Waals surface area contributed by atoms with Gasteiger partial charge in [-0.1, -0.05) is 89.9 Å². The summed E-state index contributed by atoms with van der Waals surface area (Å²) >= 11 is 0.